The number of amides is 2. The van der Waals surface area contributed by atoms with Gasteiger partial charge in [0.2, 0.25) is 11.8 Å². The van der Waals surface area contributed by atoms with Crippen LogP contribution in [0.15, 0.2) is 0 Å². The summed E-state index contributed by atoms with van der Waals surface area (Å²) in [5, 5.41) is 11.7. The minimum absolute atomic E-state index is 0.0129. The van der Waals surface area contributed by atoms with Crippen LogP contribution < -0.4 is 5.32 Å². The van der Waals surface area contributed by atoms with Gasteiger partial charge >= 0.3 is 5.97 Å². The van der Waals surface area contributed by atoms with Gasteiger partial charge in [-0.2, -0.15) is 0 Å². The first-order chi connectivity index (χ1) is 8.58. The molecule has 0 aliphatic carbocycles. The molecule has 2 fully saturated rings. The van der Waals surface area contributed by atoms with Gasteiger partial charge in [0.05, 0.1) is 11.8 Å². The van der Waals surface area contributed by atoms with Crippen molar-refractivity contribution in [1.82, 2.24) is 10.2 Å². The van der Waals surface area contributed by atoms with E-state index in [-0.39, 0.29) is 17.7 Å². The summed E-state index contributed by atoms with van der Waals surface area (Å²) in [4.78, 5) is 35.8. The summed E-state index contributed by atoms with van der Waals surface area (Å²) in [5.41, 5.74) is 0. The predicted octanol–water partition coefficient (Wildman–Crippen LogP) is -0.164. The molecule has 2 saturated heterocycles. The zero-order valence-electron chi connectivity index (χ0n) is 10.2. The number of rotatable bonds is 2. The Kier molecular flexibility index (Phi) is 3.84. The highest BCUT2D eigenvalue weighted by Gasteiger charge is 2.33. The molecule has 6 nitrogen and oxygen atoms in total. The number of likely N-dealkylation sites (tertiary alicyclic amines) is 1. The maximum atomic E-state index is 12.2. The van der Waals surface area contributed by atoms with Gasteiger partial charge in [0, 0.05) is 26.1 Å². The zero-order chi connectivity index (χ0) is 13.1. The number of nitrogens with zero attached hydrogens (tertiary/aromatic N) is 1. The lowest BCUT2D eigenvalue weighted by molar-refractivity contribution is -0.147. The normalized spacial score (nSPS) is 28.7. The molecule has 0 spiro atoms. The SMILES string of the molecule is O=C1CCC(C(=O)N2CCC[C@@H](C(=O)O)C2)CN1. The molecule has 6 heteroatoms. The topological polar surface area (TPSA) is 86.7 Å². The van der Waals surface area contributed by atoms with Crippen LogP contribution in [0.1, 0.15) is 25.7 Å². The molecule has 100 valence electrons. The summed E-state index contributed by atoms with van der Waals surface area (Å²) in [5.74, 6) is -1.48. The molecule has 1 unspecified atom stereocenters. The first kappa shape index (κ1) is 12.9. The van der Waals surface area contributed by atoms with Gasteiger partial charge in [0.15, 0.2) is 0 Å². The highest BCUT2D eigenvalue weighted by Crippen LogP contribution is 2.21. The van der Waals surface area contributed by atoms with E-state index in [2.05, 4.69) is 5.32 Å². The van der Waals surface area contributed by atoms with Crippen LogP contribution in [0.4, 0.5) is 0 Å². The lowest BCUT2D eigenvalue weighted by Gasteiger charge is -2.34. The first-order valence-corrected chi connectivity index (χ1v) is 6.36. The zero-order valence-corrected chi connectivity index (χ0v) is 10.2. The highest BCUT2D eigenvalue weighted by atomic mass is 16.4. The fraction of sp³-hybridized carbons (Fsp3) is 0.750. The third kappa shape index (κ3) is 2.80. The molecular weight excluding hydrogens is 236 g/mol. The number of hydrogen-bond donors (Lipinski definition) is 2. The van der Waals surface area contributed by atoms with E-state index < -0.39 is 11.9 Å². The molecule has 0 saturated carbocycles. The molecule has 2 rings (SSSR count). The number of hydrogen-bond acceptors (Lipinski definition) is 3. The summed E-state index contributed by atoms with van der Waals surface area (Å²) < 4.78 is 0. The Balaban J connectivity index is 1.92. The third-order valence-electron chi connectivity index (χ3n) is 3.70. The number of aliphatic carboxylic acids is 1. The summed E-state index contributed by atoms with van der Waals surface area (Å²) in [6.45, 7) is 1.32. The fourth-order valence-corrected chi connectivity index (χ4v) is 2.58. The van der Waals surface area contributed by atoms with Crippen LogP contribution in [0.25, 0.3) is 0 Å². The van der Waals surface area contributed by atoms with Crippen molar-refractivity contribution < 1.29 is 19.5 Å². The minimum Gasteiger partial charge on any atom is -0.481 e. The van der Waals surface area contributed by atoms with Gasteiger partial charge in [0.1, 0.15) is 0 Å². The molecule has 2 heterocycles. The summed E-state index contributed by atoms with van der Waals surface area (Å²) in [6.07, 6.45) is 2.33. The Morgan fingerprint density at radius 3 is 2.67 bits per heavy atom. The maximum absolute atomic E-state index is 12.2. The van der Waals surface area contributed by atoms with Crippen molar-refractivity contribution in [3.8, 4) is 0 Å². The van der Waals surface area contributed by atoms with Crippen LogP contribution in [0.2, 0.25) is 0 Å². The quantitative estimate of drug-likeness (QED) is 0.716. The van der Waals surface area contributed by atoms with Crippen molar-refractivity contribution in [2.24, 2.45) is 11.8 Å². The second-order valence-electron chi connectivity index (χ2n) is 5.00. The van der Waals surface area contributed by atoms with Gasteiger partial charge in [0.25, 0.3) is 0 Å². The first-order valence-electron chi connectivity index (χ1n) is 6.36. The molecule has 0 bridgehead atoms. The lowest BCUT2D eigenvalue weighted by Crippen LogP contribution is -2.49. The lowest BCUT2D eigenvalue weighted by atomic mass is 9.93. The Labute approximate surface area is 105 Å². The molecule has 2 amide bonds. The van der Waals surface area contributed by atoms with Crippen molar-refractivity contribution >= 4 is 17.8 Å². The average molecular weight is 254 g/mol. The predicted molar refractivity (Wildman–Crippen MR) is 62.7 cm³/mol. The molecule has 18 heavy (non-hydrogen) atoms. The van der Waals surface area contributed by atoms with Crippen LogP contribution in [0, 0.1) is 11.8 Å². The van der Waals surface area contributed by atoms with Gasteiger partial charge in [-0.15, -0.1) is 0 Å². The largest absolute Gasteiger partial charge is 0.481 e. The fourth-order valence-electron chi connectivity index (χ4n) is 2.58. The Bertz CT molecular complexity index is 359. The van der Waals surface area contributed by atoms with Crippen molar-refractivity contribution in [1.29, 1.82) is 0 Å². The van der Waals surface area contributed by atoms with Crippen LogP contribution in [-0.4, -0.2) is 47.4 Å². The average Bonchev–Trinajstić information content (AvgIpc) is 2.39. The van der Waals surface area contributed by atoms with E-state index in [9.17, 15) is 14.4 Å². The minimum atomic E-state index is -0.829. The molecule has 2 aliphatic heterocycles. The number of carboxylic acids is 1. The van der Waals surface area contributed by atoms with E-state index in [4.69, 9.17) is 5.11 Å². The molecule has 0 aromatic rings. The smallest absolute Gasteiger partial charge is 0.308 e. The van der Waals surface area contributed by atoms with Crippen LogP contribution >= 0.6 is 0 Å². The van der Waals surface area contributed by atoms with Crippen LogP contribution in [-0.2, 0) is 14.4 Å². The number of carboxylic acid groups (broad SMARTS) is 1. The van der Waals surface area contributed by atoms with Gasteiger partial charge < -0.3 is 15.3 Å². The standard InChI is InChI=1S/C12H18N2O4/c15-10-4-3-8(6-13-10)11(16)14-5-1-2-9(7-14)12(17)18/h8-9H,1-7H2,(H,13,15)(H,17,18)/t8?,9-/m1/s1. The number of carbonyl (C=O) groups excluding carboxylic acids is 2. The van der Waals surface area contributed by atoms with Crippen molar-refractivity contribution in [2.75, 3.05) is 19.6 Å². The van der Waals surface area contributed by atoms with Crippen LogP contribution in [0.5, 0.6) is 0 Å². The second-order valence-corrected chi connectivity index (χ2v) is 5.00. The third-order valence-corrected chi connectivity index (χ3v) is 3.70. The molecule has 0 radical (unpaired) electrons. The summed E-state index contributed by atoms with van der Waals surface area (Å²) in [7, 11) is 0. The molecule has 2 aliphatic rings. The second kappa shape index (κ2) is 5.37. The Morgan fingerprint density at radius 1 is 1.28 bits per heavy atom. The van der Waals surface area contributed by atoms with Crippen molar-refractivity contribution in [3.63, 3.8) is 0 Å². The van der Waals surface area contributed by atoms with Crippen molar-refractivity contribution in [3.05, 3.63) is 0 Å². The van der Waals surface area contributed by atoms with E-state index in [0.29, 0.717) is 38.9 Å². The van der Waals surface area contributed by atoms with Gasteiger partial charge in [-0.1, -0.05) is 0 Å². The molecule has 2 atom stereocenters. The molecule has 2 N–H and O–H groups in total. The number of nitrogens with one attached hydrogen (secondary N) is 1. The van der Waals surface area contributed by atoms with Gasteiger partial charge in [-0.25, -0.2) is 0 Å². The maximum Gasteiger partial charge on any atom is 0.308 e. The number of piperidine rings is 2. The summed E-state index contributed by atoms with van der Waals surface area (Å²) in [6, 6.07) is 0. The van der Waals surface area contributed by atoms with E-state index in [1.54, 1.807) is 4.90 Å². The van der Waals surface area contributed by atoms with Crippen LogP contribution in [0.3, 0.4) is 0 Å². The molecular formula is C12H18N2O4. The monoisotopic (exact) mass is 254 g/mol. The van der Waals surface area contributed by atoms with E-state index in [0.717, 1.165) is 6.42 Å². The van der Waals surface area contributed by atoms with E-state index >= 15 is 0 Å². The molecule has 0 aromatic carbocycles. The number of carbonyl (C=O) groups is 3. The van der Waals surface area contributed by atoms with E-state index in [1.807, 2.05) is 0 Å². The molecule has 0 aromatic heterocycles. The highest BCUT2D eigenvalue weighted by molar-refractivity contribution is 5.84. The Hall–Kier alpha value is -1.59. The van der Waals surface area contributed by atoms with Crippen molar-refractivity contribution in [2.45, 2.75) is 25.7 Å². The van der Waals surface area contributed by atoms with Gasteiger partial charge in [-0.05, 0) is 19.3 Å². The van der Waals surface area contributed by atoms with Gasteiger partial charge in [-0.3, -0.25) is 14.4 Å². The van der Waals surface area contributed by atoms with E-state index in [1.165, 1.54) is 0 Å². The summed E-state index contributed by atoms with van der Waals surface area (Å²) >= 11 is 0. The Morgan fingerprint density at radius 2 is 2.06 bits per heavy atom.